The Balaban J connectivity index is 2.36. The molecule has 0 radical (unpaired) electrons. The molecule has 0 aliphatic carbocycles. The van der Waals surface area contributed by atoms with Crippen LogP contribution in [-0.2, 0) is 6.54 Å². The Labute approximate surface area is 76.0 Å². The van der Waals surface area contributed by atoms with Crippen LogP contribution in [0, 0.1) is 0 Å². The molecule has 2 aromatic rings. The first-order valence-electron chi connectivity index (χ1n) is 4.04. The topological polar surface area (TPSA) is 56.7 Å². The lowest BCUT2D eigenvalue weighted by molar-refractivity contribution is 0.873. The zero-order valence-corrected chi connectivity index (χ0v) is 7.09. The molecule has 4 heteroatoms. The number of nitrogens with zero attached hydrogens (tertiary/aromatic N) is 3. The van der Waals surface area contributed by atoms with Crippen LogP contribution in [0.3, 0.4) is 0 Å². The molecule has 2 rings (SSSR count). The molecule has 0 spiro atoms. The Hall–Kier alpha value is -1.68. The lowest BCUT2D eigenvalue weighted by Crippen LogP contribution is -1.95. The van der Waals surface area contributed by atoms with E-state index in [-0.39, 0.29) is 0 Å². The first kappa shape index (κ1) is 7.94. The third-order valence-electron chi connectivity index (χ3n) is 1.78. The van der Waals surface area contributed by atoms with Crippen LogP contribution in [0.4, 0.5) is 0 Å². The maximum absolute atomic E-state index is 5.47. The molecule has 0 bridgehead atoms. The molecule has 0 atom stereocenters. The SMILES string of the molecule is NCc1cnn(-c2cccnc2)c1. The molecule has 66 valence electrons. The summed E-state index contributed by atoms with van der Waals surface area (Å²) in [5, 5.41) is 4.15. The minimum Gasteiger partial charge on any atom is -0.326 e. The van der Waals surface area contributed by atoms with Crippen molar-refractivity contribution in [1.29, 1.82) is 0 Å². The third kappa shape index (κ3) is 1.57. The maximum atomic E-state index is 5.47. The van der Waals surface area contributed by atoms with Crippen molar-refractivity contribution in [1.82, 2.24) is 14.8 Å². The highest BCUT2D eigenvalue weighted by molar-refractivity contribution is 5.27. The summed E-state index contributed by atoms with van der Waals surface area (Å²) in [5.74, 6) is 0. The van der Waals surface area contributed by atoms with Crippen LogP contribution in [0.15, 0.2) is 36.9 Å². The highest BCUT2D eigenvalue weighted by Crippen LogP contribution is 2.05. The maximum Gasteiger partial charge on any atom is 0.0828 e. The summed E-state index contributed by atoms with van der Waals surface area (Å²) in [7, 11) is 0. The van der Waals surface area contributed by atoms with Gasteiger partial charge in [-0.05, 0) is 12.1 Å². The predicted octanol–water partition coefficient (Wildman–Crippen LogP) is 0.726. The van der Waals surface area contributed by atoms with Gasteiger partial charge in [-0.15, -0.1) is 0 Å². The van der Waals surface area contributed by atoms with Gasteiger partial charge in [-0.25, -0.2) is 4.68 Å². The Kier molecular flexibility index (Phi) is 2.06. The molecule has 2 heterocycles. The van der Waals surface area contributed by atoms with E-state index >= 15 is 0 Å². The molecule has 0 saturated carbocycles. The van der Waals surface area contributed by atoms with Gasteiger partial charge in [-0.2, -0.15) is 5.10 Å². The second-order valence-corrected chi connectivity index (χ2v) is 2.71. The number of hydrogen-bond donors (Lipinski definition) is 1. The Bertz CT molecular complexity index is 380. The molecule has 2 aromatic heterocycles. The van der Waals surface area contributed by atoms with Gasteiger partial charge in [0.1, 0.15) is 0 Å². The average molecular weight is 174 g/mol. The smallest absolute Gasteiger partial charge is 0.0828 e. The van der Waals surface area contributed by atoms with Gasteiger partial charge >= 0.3 is 0 Å². The second kappa shape index (κ2) is 3.37. The summed E-state index contributed by atoms with van der Waals surface area (Å²) < 4.78 is 1.76. The van der Waals surface area contributed by atoms with Gasteiger partial charge in [-0.1, -0.05) is 0 Å². The van der Waals surface area contributed by atoms with Crippen molar-refractivity contribution >= 4 is 0 Å². The Morgan fingerprint density at radius 1 is 1.38 bits per heavy atom. The van der Waals surface area contributed by atoms with E-state index in [1.54, 1.807) is 23.3 Å². The van der Waals surface area contributed by atoms with Crippen LogP contribution in [-0.4, -0.2) is 14.8 Å². The van der Waals surface area contributed by atoms with Crippen molar-refractivity contribution in [2.24, 2.45) is 5.73 Å². The van der Waals surface area contributed by atoms with Gasteiger partial charge in [0.15, 0.2) is 0 Å². The highest BCUT2D eigenvalue weighted by atomic mass is 15.3. The standard InChI is InChI=1S/C9H10N4/c10-4-8-5-12-13(7-8)9-2-1-3-11-6-9/h1-3,5-7H,4,10H2. The molecule has 0 aliphatic rings. The number of nitrogens with two attached hydrogens (primary N) is 1. The average Bonchev–Trinajstić information content (AvgIpc) is 2.67. The molecule has 0 fully saturated rings. The monoisotopic (exact) mass is 174 g/mol. The van der Waals surface area contributed by atoms with Crippen LogP contribution in [0.2, 0.25) is 0 Å². The van der Waals surface area contributed by atoms with Crippen LogP contribution >= 0.6 is 0 Å². The number of rotatable bonds is 2. The number of hydrogen-bond acceptors (Lipinski definition) is 3. The molecule has 0 aromatic carbocycles. The van der Waals surface area contributed by atoms with Gasteiger partial charge in [0, 0.05) is 24.5 Å². The van der Waals surface area contributed by atoms with Gasteiger partial charge in [0.2, 0.25) is 0 Å². The second-order valence-electron chi connectivity index (χ2n) is 2.71. The fraction of sp³-hybridized carbons (Fsp3) is 0.111. The van der Waals surface area contributed by atoms with E-state index in [9.17, 15) is 0 Å². The first-order chi connectivity index (χ1) is 6.40. The number of aromatic nitrogens is 3. The van der Waals surface area contributed by atoms with Gasteiger partial charge in [0.05, 0.1) is 18.1 Å². The van der Waals surface area contributed by atoms with E-state index in [1.807, 2.05) is 18.3 Å². The number of pyridine rings is 1. The molecular formula is C9H10N4. The van der Waals surface area contributed by atoms with Gasteiger partial charge in [0.25, 0.3) is 0 Å². The molecule has 0 aliphatic heterocycles. The quantitative estimate of drug-likeness (QED) is 0.730. The van der Waals surface area contributed by atoms with Crippen molar-refractivity contribution in [3.63, 3.8) is 0 Å². The molecule has 4 nitrogen and oxygen atoms in total. The molecular weight excluding hydrogens is 164 g/mol. The van der Waals surface area contributed by atoms with E-state index < -0.39 is 0 Å². The van der Waals surface area contributed by atoms with Crippen molar-refractivity contribution in [2.75, 3.05) is 0 Å². The normalized spacial score (nSPS) is 10.2. The summed E-state index contributed by atoms with van der Waals surface area (Å²) in [6.45, 7) is 0.514. The lowest BCUT2D eigenvalue weighted by Gasteiger charge is -1.97. The predicted molar refractivity (Wildman–Crippen MR) is 49.3 cm³/mol. The molecule has 13 heavy (non-hydrogen) atoms. The van der Waals surface area contributed by atoms with E-state index in [0.29, 0.717) is 6.54 Å². The van der Waals surface area contributed by atoms with Gasteiger partial charge < -0.3 is 5.73 Å². The Morgan fingerprint density at radius 2 is 2.31 bits per heavy atom. The first-order valence-corrected chi connectivity index (χ1v) is 4.04. The van der Waals surface area contributed by atoms with Crippen LogP contribution in [0.1, 0.15) is 5.56 Å². The zero-order chi connectivity index (χ0) is 9.10. The van der Waals surface area contributed by atoms with Crippen LogP contribution in [0.25, 0.3) is 5.69 Å². The zero-order valence-electron chi connectivity index (χ0n) is 7.09. The summed E-state index contributed by atoms with van der Waals surface area (Å²) >= 11 is 0. The fourth-order valence-electron chi connectivity index (χ4n) is 1.10. The summed E-state index contributed by atoms with van der Waals surface area (Å²) in [4.78, 5) is 4.00. The third-order valence-corrected chi connectivity index (χ3v) is 1.78. The van der Waals surface area contributed by atoms with E-state index in [1.165, 1.54) is 0 Å². The minimum atomic E-state index is 0.514. The highest BCUT2D eigenvalue weighted by Gasteiger charge is 1.97. The molecule has 0 amide bonds. The Morgan fingerprint density at radius 3 is 2.92 bits per heavy atom. The van der Waals surface area contributed by atoms with Crippen molar-refractivity contribution in [3.05, 3.63) is 42.5 Å². The summed E-state index contributed by atoms with van der Waals surface area (Å²) in [5.41, 5.74) is 7.44. The van der Waals surface area contributed by atoms with E-state index in [0.717, 1.165) is 11.3 Å². The molecule has 2 N–H and O–H groups in total. The lowest BCUT2D eigenvalue weighted by atomic mass is 10.4. The van der Waals surface area contributed by atoms with Crippen molar-refractivity contribution in [3.8, 4) is 5.69 Å². The largest absolute Gasteiger partial charge is 0.326 e. The summed E-state index contributed by atoms with van der Waals surface area (Å²) in [6.07, 6.45) is 7.15. The van der Waals surface area contributed by atoms with E-state index in [4.69, 9.17) is 5.73 Å². The molecule has 0 unspecified atom stereocenters. The summed E-state index contributed by atoms with van der Waals surface area (Å²) in [6, 6.07) is 3.82. The van der Waals surface area contributed by atoms with Crippen molar-refractivity contribution < 1.29 is 0 Å². The fourth-order valence-corrected chi connectivity index (χ4v) is 1.10. The van der Waals surface area contributed by atoms with Crippen molar-refractivity contribution in [2.45, 2.75) is 6.54 Å². The van der Waals surface area contributed by atoms with Crippen LogP contribution in [0.5, 0.6) is 0 Å². The molecule has 0 saturated heterocycles. The van der Waals surface area contributed by atoms with E-state index in [2.05, 4.69) is 10.1 Å². The minimum absolute atomic E-state index is 0.514. The van der Waals surface area contributed by atoms with Gasteiger partial charge in [-0.3, -0.25) is 4.98 Å². The van der Waals surface area contributed by atoms with Crippen LogP contribution < -0.4 is 5.73 Å².